The van der Waals surface area contributed by atoms with E-state index in [0.29, 0.717) is 24.0 Å². The molecule has 0 amide bonds. The highest BCUT2D eigenvalue weighted by Crippen LogP contribution is 2.58. The summed E-state index contributed by atoms with van der Waals surface area (Å²) in [6.45, 7) is 4.55. The number of hydrogen-bond acceptors (Lipinski definition) is 1. The predicted molar refractivity (Wildman–Crippen MR) is 103 cm³/mol. The van der Waals surface area contributed by atoms with Crippen molar-refractivity contribution >= 4 is 16.6 Å². The smallest absolute Gasteiger partial charge is 0.138 e. The monoisotopic (exact) mass is 330 g/mol. The van der Waals surface area contributed by atoms with Crippen molar-refractivity contribution in [2.45, 2.75) is 57.8 Å². The van der Waals surface area contributed by atoms with Gasteiger partial charge in [-0.1, -0.05) is 55.8 Å². The van der Waals surface area contributed by atoms with Gasteiger partial charge in [0, 0.05) is 18.3 Å². The van der Waals surface area contributed by atoms with Crippen LogP contribution in [0.1, 0.15) is 56.2 Å². The number of benzene rings is 2. The van der Waals surface area contributed by atoms with Gasteiger partial charge in [-0.05, 0) is 65.0 Å². The molecule has 0 N–H and O–H groups in total. The van der Waals surface area contributed by atoms with Crippen LogP contribution in [0.2, 0.25) is 0 Å². The van der Waals surface area contributed by atoms with Gasteiger partial charge in [-0.15, -0.1) is 0 Å². The molecule has 1 saturated carbocycles. The summed E-state index contributed by atoms with van der Waals surface area (Å²) in [5, 5.41) is 2.73. The van der Waals surface area contributed by atoms with E-state index in [2.05, 4.69) is 50.3 Å². The molecule has 2 bridgehead atoms. The van der Waals surface area contributed by atoms with E-state index in [1.54, 1.807) is 5.57 Å². The van der Waals surface area contributed by atoms with Crippen molar-refractivity contribution in [1.82, 2.24) is 0 Å². The summed E-state index contributed by atoms with van der Waals surface area (Å²) >= 11 is 0. The normalized spacial score (nSPS) is 27.4. The average Bonchev–Trinajstić information content (AvgIpc) is 3.15. The van der Waals surface area contributed by atoms with Gasteiger partial charge in [-0.2, -0.15) is 0 Å². The summed E-state index contributed by atoms with van der Waals surface area (Å²) in [5.74, 6) is 1.75. The molecule has 0 radical (unpaired) electrons. The Morgan fingerprint density at radius 2 is 2.08 bits per heavy atom. The van der Waals surface area contributed by atoms with Gasteiger partial charge in [0.2, 0.25) is 0 Å². The Morgan fingerprint density at radius 3 is 2.80 bits per heavy atom. The number of fused-ring (bicyclic) bond motifs is 6. The molecular formula is C24H26O. The lowest BCUT2D eigenvalue weighted by Gasteiger charge is -2.41. The Balaban J connectivity index is 1.71. The zero-order chi connectivity index (χ0) is 17.2. The maximum Gasteiger partial charge on any atom is 0.138 e. The molecule has 128 valence electrons. The zero-order valence-corrected chi connectivity index (χ0v) is 15.3. The van der Waals surface area contributed by atoms with Crippen LogP contribution in [0.15, 0.2) is 42.0 Å². The first kappa shape index (κ1) is 15.4. The van der Waals surface area contributed by atoms with Crippen LogP contribution in [-0.2, 0) is 23.1 Å². The summed E-state index contributed by atoms with van der Waals surface area (Å²) < 4.78 is 0. The van der Waals surface area contributed by atoms with Crippen molar-refractivity contribution in [2.75, 3.05) is 0 Å². The third-order valence-corrected chi connectivity index (χ3v) is 6.78. The summed E-state index contributed by atoms with van der Waals surface area (Å²) in [5.41, 5.74) is 5.94. The van der Waals surface area contributed by atoms with Crippen LogP contribution >= 0.6 is 0 Å². The second-order valence-corrected chi connectivity index (χ2v) is 8.97. The minimum absolute atomic E-state index is 0.108. The number of carbonyl (C=O) groups excluding carboxylic acids is 1. The largest absolute Gasteiger partial charge is 0.299 e. The third kappa shape index (κ3) is 2.25. The van der Waals surface area contributed by atoms with Crippen molar-refractivity contribution < 1.29 is 4.79 Å². The van der Waals surface area contributed by atoms with Crippen molar-refractivity contribution in [2.24, 2.45) is 11.8 Å². The number of ketones is 1. The molecule has 0 aliphatic heterocycles. The molecule has 0 aromatic heterocycles. The lowest BCUT2D eigenvalue weighted by atomic mass is 9.62. The van der Waals surface area contributed by atoms with Crippen molar-refractivity contribution in [1.29, 1.82) is 0 Å². The highest BCUT2D eigenvalue weighted by molar-refractivity contribution is 5.92. The standard InChI is InChI=1S/C24H26O/c1-15(2)8-17-4-3-5-18-12-23-19(11-22(17)18)10-21(25)14-24(23)13-16-6-7-20(24)9-16/h3-6,11-12,15,20H,7-10,13-14H2,1-2H3. The van der Waals surface area contributed by atoms with Crippen LogP contribution in [0.5, 0.6) is 0 Å². The lowest BCUT2D eigenvalue weighted by molar-refractivity contribution is -0.120. The molecule has 3 aliphatic rings. The molecular weight excluding hydrogens is 304 g/mol. The van der Waals surface area contributed by atoms with E-state index in [0.717, 1.165) is 19.3 Å². The van der Waals surface area contributed by atoms with E-state index < -0.39 is 0 Å². The van der Waals surface area contributed by atoms with E-state index in [1.165, 1.54) is 40.3 Å². The van der Waals surface area contributed by atoms with Gasteiger partial charge >= 0.3 is 0 Å². The van der Waals surface area contributed by atoms with Crippen LogP contribution in [0.3, 0.4) is 0 Å². The molecule has 1 heteroatoms. The fraction of sp³-hybridized carbons (Fsp3) is 0.458. The molecule has 5 rings (SSSR count). The molecule has 1 fully saturated rings. The Morgan fingerprint density at radius 1 is 1.20 bits per heavy atom. The van der Waals surface area contributed by atoms with E-state index >= 15 is 0 Å². The van der Waals surface area contributed by atoms with Crippen molar-refractivity contribution in [3.8, 4) is 0 Å². The van der Waals surface area contributed by atoms with Gasteiger partial charge < -0.3 is 0 Å². The molecule has 1 nitrogen and oxygen atoms in total. The first-order valence-corrected chi connectivity index (χ1v) is 9.80. The van der Waals surface area contributed by atoms with E-state index in [4.69, 9.17) is 0 Å². The molecule has 2 atom stereocenters. The highest BCUT2D eigenvalue weighted by Gasteiger charge is 2.51. The van der Waals surface area contributed by atoms with E-state index in [1.807, 2.05) is 0 Å². The highest BCUT2D eigenvalue weighted by atomic mass is 16.1. The molecule has 2 unspecified atom stereocenters. The summed E-state index contributed by atoms with van der Waals surface area (Å²) in [6, 6.07) is 11.5. The number of carbonyl (C=O) groups is 1. The molecule has 3 aliphatic carbocycles. The lowest BCUT2D eigenvalue weighted by Crippen LogP contribution is -2.39. The maximum atomic E-state index is 12.6. The Kier molecular flexibility index (Phi) is 3.26. The predicted octanol–water partition coefficient (Wildman–Crippen LogP) is 5.53. The third-order valence-electron chi connectivity index (χ3n) is 6.78. The maximum absolute atomic E-state index is 12.6. The number of allylic oxidation sites excluding steroid dienone is 2. The van der Waals surface area contributed by atoms with Gasteiger partial charge in [0.25, 0.3) is 0 Å². The topological polar surface area (TPSA) is 17.1 Å². The first-order chi connectivity index (χ1) is 12.0. The number of rotatable bonds is 2. The Bertz CT molecular complexity index is 917. The minimum atomic E-state index is 0.108. The first-order valence-electron chi connectivity index (χ1n) is 9.80. The minimum Gasteiger partial charge on any atom is -0.299 e. The van der Waals surface area contributed by atoms with Gasteiger partial charge in [-0.25, -0.2) is 0 Å². The van der Waals surface area contributed by atoms with Crippen molar-refractivity contribution in [3.05, 3.63) is 58.7 Å². The van der Waals surface area contributed by atoms with Crippen molar-refractivity contribution in [3.63, 3.8) is 0 Å². The summed E-state index contributed by atoms with van der Waals surface area (Å²) in [7, 11) is 0. The van der Waals surface area contributed by atoms with Gasteiger partial charge in [0.1, 0.15) is 5.78 Å². The number of Topliss-reactive ketones (excluding diaryl/α,β-unsaturated/α-hetero) is 1. The second kappa shape index (κ2) is 5.30. The van der Waals surface area contributed by atoms with Gasteiger partial charge in [0.15, 0.2) is 0 Å². The summed E-state index contributed by atoms with van der Waals surface area (Å²) in [6.07, 6.45) is 8.44. The van der Waals surface area contributed by atoms with Crippen LogP contribution in [-0.4, -0.2) is 5.78 Å². The molecule has 25 heavy (non-hydrogen) atoms. The Hall–Kier alpha value is -1.89. The molecule has 1 spiro atoms. The zero-order valence-electron chi connectivity index (χ0n) is 15.3. The summed E-state index contributed by atoms with van der Waals surface area (Å²) in [4.78, 5) is 12.6. The Labute approximate surface area is 150 Å². The van der Waals surface area contributed by atoms with E-state index in [9.17, 15) is 4.79 Å². The average molecular weight is 330 g/mol. The quantitative estimate of drug-likeness (QED) is 0.662. The molecule has 0 saturated heterocycles. The van der Waals surface area contributed by atoms with E-state index in [-0.39, 0.29) is 5.41 Å². The van der Waals surface area contributed by atoms with Gasteiger partial charge in [0.05, 0.1) is 0 Å². The second-order valence-electron chi connectivity index (χ2n) is 8.97. The van der Waals surface area contributed by atoms with Crippen LogP contribution in [0, 0.1) is 11.8 Å². The van der Waals surface area contributed by atoms with Gasteiger partial charge in [-0.3, -0.25) is 4.79 Å². The fourth-order valence-electron chi connectivity index (χ4n) is 5.81. The van der Waals surface area contributed by atoms with Crippen LogP contribution < -0.4 is 0 Å². The molecule has 2 aromatic rings. The van der Waals surface area contributed by atoms with Crippen LogP contribution in [0.4, 0.5) is 0 Å². The number of hydrogen-bond donors (Lipinski definition) is 0. The van der Waals surface area contributed by atoms with Crippen LogP contribution in [0.25, 0.3) is 10.8 Å². The molecule has 0 heterocycles. The molecule has 2 aromatic carbocycles. The fourth-order valence-corrected chi connectivity index (χ4v) is 5.81. The SMILES string of the molecule is CC(C)Cc1cccc2cc3c(cc12)CC(=O)CC31CC2=CCC1C2.